The van der Waals surface area contributed by atoms with E-state index < -0.39 is 30.2 Å². The molecule has 0 saturated carbocycles. The second-order valence-corrected chi connectivity index (χ2v) is 10.4. The molecule has 0 spiro atoms. The Kier molecular flexibility index (Phi) is 8.46. The number of ether oxygens (including phenoxy) is 1. The summed E-state index contributed by atoms with van der Waals surface area (Å²) in [6.07, 6.45) is 6.97. The van der Waals surface area contributed by atoms with Crippen molar-refractivity contribution in [2.75, 3.05) is 6.54 Å². The maximum Gasteiger partial charge on any atom is 0.325 e. The zero-order valence-electron chi connectivity index (χ0n) is 22.5. The molecule has 38 heavy (non-hydrogen) atoms. The summed E-state index contributed by atoms with van der Waals surface area (Å²) in [5, 5.41) is 8.40. The normalized spacial score (nSPS) is 26.6. The molecule has 2 aliphatic rings. The van der Waals surface area contributed by atoms with Crippen molar-refractivity contribution in [3.63, 3.8) is 0 Å². The Morgan fingerprint density at radius 3 is 2.68 bits per heavy atom. The predicted molar refractivity (Wildman–Crippen MR) is 146 cm³/mol. The fraction of sp³-hybridized carbons (Fsp3) is 0.448. The lowest BCUT2D eigenvalue weighted by Gasteiger charge is -2.35. The number of rotatable bonds is 1. The average molecular weight is 520 g/mol. The van der Waals surface area contributed by atoms with Gasteiger partial charge in [0.2, 0.25) is 5.91 Å². The highest BCUT2D eigenvalue weighted by atomic mass is 16.5. The molecule has 1 saturated heterocycles. The number of fused-ring (bicyclic) bond motifs is 4. The highest BCUT2D eigenvalue weighted by Crippen LogP contribution is 2.24. The van der Waals surface area contributed by atoms with E-state index in [9.17, 15) is 14.4 Å². The van der Waals surface area contributed by atoms with Gasteiger partial charge in [0.15, 0.2) is 0 Å². The second kappa shape index (κ2) is 11.8. The number of benzene rings is 1. The van der Waals surface area contributed by atoms with E-state index in [-0.39, 0.29) is 17.7 Å². The van der Waals surface area contributed by atoms with Crippen molar-refractivity contribution in [3.8, 4) is 0 Å². The number of allylic oxidation sites excluding steroid dienone is 1. The van der Waals surface area contributed by atoms with Crippen molar-refractivity contribution in [1.29, 1.82) is 0 Å². The number of nitrogens with one attached hydrogen (secondary N) is 3. The quantitative estimate of drug-likeness (QED) is 0.495. The summed E-state index contributed by atoms with van der Waals surface area (Å²) in [6.45, 7) is 11.9. The summed E-state index contributed by atoms with van der Waals surface area (Å²) in [5.41, 5.74) is 6.34. The minimum atomic E-state index is -0.778. The van der Waals surface area contributed by atoms with Crippen LogP contribution in [0.4, 0.5) is 0 Å². The van der Waals surface area contributed by atoms with E-state index in [2.05, 4.69) is 27.6 Å². The number of esters is 1. The molecular formula is C29H37N5O4. The van der Waals surface area contributed by atoms with Crippen molar-refractivity contribution in [3.05, 3.63) is 59.9 Å². The van der Waals surface area contributed by atoms with Crippen LogP contribution in [0.2, 0.25) is 0 Å². The topological polar surface area (TPSA) is 113 Å². The fourth-order valence-electron chi connectivity index (χ4n) is 4.70. The SMILES string of the molecule is C=C1C/C=C/c2cnc3ccc(cc3c2)[C@@H](C)OC(=O)[C@@H]2CCCN(N2)C(=O)[C@H](C)NC(=O)[C@H](C(C)C)N1. The number of hydrazine groups is 1. The summed E-state index contributed by atoms with van der Waals surface area (Å²) in [7, 11) is 0. The molecular weight excluding hydrogens is 482 g/mol. The minimum Gasteiger partial charge on any atom is -0.457 e. The van der Waals surface area contributed by atoms with Crippen LogP contribution < -0.4 is 16.1 Å². The lowest BCUT2D eigenvalue weighted by Crippen LogP contribution is -2.60. The van der Waals surface area contributed by atoms with Crippen LogP contribution >= 0.6 is 0 Å². The first-order valence-electron chi connectivity index (χ1n) is 13.2. The van der Waals surface area contributed by atoms with Crippen molar-refractivity contribution in [2.45, 2.75) is 71.2 Å². The average Bonchev–Trinajstić information content (AvgIpc) is 2.90. The molecule has 3 N–H and O–H groups in total. The van der Waals surface area contributed by atoms with E-state index in [0.717, 1.165) is 22.0 Å². The smallest absolute Gasteiger partial charge is 0.325 e. The third-order valence-corrected chi connectivity index (χ3v) is 6.94. The van der Waals surface area contributed by atoms with Crippen molar-refractivity contribution in [2.24, 2.45) is 5.92 Å². The molecule has 0 unspecified atom stereocenters. The molecule has 2 aliphatic heterocycles. The van der Waals surface area contributed by atoms with Gasteiger partial charge >= 0.3 is 5.97 Å². The van der Waals surface area contributed by atoms with Crippen LogP contribution in [0.5, 0.6) is 0 Å². The molecule has 9 heteroatoms. The van der Waals surface area contributed by atoms with Crippen LogP contribution in [0.1, 0.15) is 64.2 Å². The molecule has 1 fully saturated rings. The molecule has 3 heterocycles. The fourth-order valence-corrected chi connectivity index (χ4v) is 4.70. The monoisotopic (exact) mass is 519 g/mol. The number of hydrogen-bond acceptors (Lipinski definition) is 7. The molecule has 202 valence electrons. The van der Waals surface area contributed by atoms with Gasteiger partial charge in [-0.25, -0.2) is 5.43 Å². The van der Waals surface area contributed by atoms with Crippen molar-refractivity contribution >= 4 is 34.8 Å². The largest absolute Gasteiger partial charge is 0.457 e. The van der Waals surface area contributed by atoms with E-state index in [1.807, 2.05) is 57.2 Å². The van der Waals surface area contributed by atoms with Gasteiger partial charge in [-0.1, -0.05) is 38.6 Å². The van der Waals surface area contributed by atoms with Crippen LogP contribution in [0.3, 0.4) is 0 Å². The Morgan fingerprint density at radius 2 is 1.92 bits per heavy atom. The summed E-state index contributed by atoms with van der Waals surface area (Å²) in [4.78, 5) is 43.8. The van der Waals surface area contributed by atoms with E-state index >= 15 is 0 Å². The van der Waals surface area contributed by atoms with Crippen molar-refractivity contribution in [1.82, 2.24) is 26.1 Å². The lowest BCUT2D eigenvalue weighted by atomic mass is 10.0. The standard InChI is InChI=1S/C29H37N5O4/c1-17(2)26-27(35)32-19(4)28(36)34-13-7-10-25(33-34)29(37)38-20(5)22-11-12-24-23(15-22)14-21(16-30-24)9-6-8-18(3)31-26/h6,9,11-12,14-17,19-20,25-26,31,33H,3,7-8,10,13H2,1-2,4-5H3,(H,32,35)/b9-6+/t19-,20+,25-,26-/m0/s1. The molecule has 0 radical (unpaired) electrons. The number of aromatic nitrogens is 1. The number of cyclic esters (lactones) is 1. The van der Waals surface area contributed by atoms with Crippen LogP contribution in [-0.4, -0.2) is 52.4 Å². The molecule has 5 bridgehead atoms. The summed E-state index contributed by atoms with van der Waals surface area (Å²) < 4.78 is 5.79. The Balaban J connectivity index is 1.64. The first kappa shape index (κ1) is 27.3. The summed E-state index contributed by atoms with van der Waals surface area (Å²) in [6, 6.07) is 5.86. The molecule has 4 rings (SSSR count). The van der Waals surface area contributed by atoms with E-state index in [4.69, 9.17) is 4.74 Å². The Labute approximate surface area is 223 Å². The van der Waals surface area contributed by atoms with E-state index in [1.54, 1.807) is 13.1 Å². The van der Waals surface area contributed by atoms with Gasteiger partial charge in [0.25, 0.3) is 5.91 Å². The lowest BCUT2D eigenvalue weighted by molar-refractivity contribution is -0.157. The number of pyridine rings is 1. The molecule has 2 aromatic rings. The van der Waals surface area contributed by atoms with Crippen LogP contribution in [0.15, 0.2) is 48.8 Å². The molecule has 9 nitrogen and oxygen atoms in total. The second-order valence-electron chi connectivity index (χ2n) is 10.4. The van der Waals surface area contributed by atoms with E-state index in [1.165, 1.54) is 5.01 Å². The van der Waals surface area contributed by atoms with Gasteiger partial charge in [-0.2, -0.15) is 0 Å². The molecule has 1 aromatic carbocycles. The third kappa shape index (κ3) is 6.39. The first-order chi connectivity index (χ1) is 18.1. The Bertz CT molecular complexity index is 1260. The van der Waals surface area contributed by atoms with Gasteiger partial charge in [0, 0.05) is 30.2 Å². The van der Waals surface area contributed by atoms with Crippen LogP contribution in [0, 0.1) is 5.92 Å². The zero-order valence-corrected chi connectivity index (χ0v) is 22.5. The van der Waals surface area contributed by atoms with Gasteiger partial charge in [0.1, 0.15) is 24.2 Å². The third-order valence-electron chi connectivity index (χ3n) is 6.94. The van der Waals surface area contributed by atoms with Gasteiger partial charge in [0.05, 0.1) is 5.52 Å². The molecule has 0 aliphatic carbocycles. The van der Waals surface area contributed by atoms with Crippen molar-refractivity contribution < 1.29 is 19.1 Å². The highest BCUT2D eigenvalue weighted by Gasteiger charge is 2.33. The maximum absolute atomic E-state index is 13.1. The number of amides is 2. The summed E-state index contributed by atoms with van der Waals surface area (Å²) >= 11 is 0. The Morgan fingerprint density at radius 1 is 1.13 bits per heavy atom. The maximum atomic E-state index is 13.1. The number of nitrogens with zero attached hydrogens (tertiary/aromatic N) is 2. The number of carbonyl (C=O) groups is 3. The minimum absolute atomic E-state index is 0.0345. The molecule has 2 amide bonds. The van der Waals surface area contributed by atoms with Gasteiger partial charge in [-0.15, -0.1) is 0 Å². The molecule has 4 atom stereocenters. The molecule has 1 aromatic heterocycles. The van der Waals surface area contributed by atoms with Crippen LogP contribution in [0.25, 0.3) is 17.0 Å². The first-order valence-corrected chi connectivity index (χ1v) is 13.2. The van der Waals surface area contributed by atoms with Gasteiger partial charge in [-0.05, 0) is 61.9 Å². The zero-order chi connectivity index (χ0) is 27.4. The summed E-state index contributed by atoms with van der Waals surface area (Å²) in [5.74, 6) is -1.05. The number of carbonyl (C=O) groups excluding carboxylic acids is 3. The number of hydrogen-bond donors (Lipinski definition) is 3. The van der Waals surface area contributed by atoms with Gasteiger partial charge < -0.3 is 15.4 Å². The predicted octanol–water partition coefficient (Wildman–Crippen LogP) is 3.38. The Hall–Kier alpha value is -3.72. The van der Waals surface area contributed by atoms with Crippen LogP contribution in [-0.2, 0) is 19.1 Å². The van der Waals surface area contributed by atoms with E-state index in [0.29, 0.717) is 31.5 Å². The highest BCUT2D eigenvalue weighted by molar-refractivity contribution is 5.90. The van der Waals surface area contributed by atoms with Gasteiger partial charge in [-0.3, -0.25) is 24.4 Å².